The normalized spacial score (nSPS) is 11.6. The van der Waals surface area contributed by atoms with Gasteiger partial charge in [0.2, 0.25) is 0 Å². The molecule has 2 aromatic heterocycles. The number of nitro groups is 2. The number of carbonyl (C=O) groups is 3. The van der Waals surface area contributed by atoms with Crippen LogP contribution in [0.1, 0.15) is 40.0 Å². The number of nitrogens with one attached hydrogen (secondary N) is 4. The van der Waals surface area contributed by atoms with Crippen molar-refractivity contribution in [3.63, 3.8) is 0 Å². The second kappa shape index (κ2) is 17.4. The highest BCUT2D eigenvalue weighted by atomic mass is 16.6. The van der Waals surface area contributed by atoms with Gasteiger partial charge in [0.25, 0.3) is 23.2 Å². The first-order valence-corrected chi connectivity index (χ1v) is 19.5. The van der Waals surface area contributed by atoms with Crippen LogP contribution < -0.4 is 21.3 Å². The van der Waals surface area contributed by atoms with E-state index < -0.39 is 39.4 Å². The highest BCUT2D eigenvalue weighted by Crippen LogP contribution is 2.38. The first-order valence-electron chi connectivity index (χ1n) is 19.5. The van der Waals surface area contributed by atoms with Gasteiger partial charge in [-0.3, -0.25) is 29.8 Å². The van der Waals surface area contributed by atoms with Gasteiger partial charge >= 0.3 is 5.97 Å². The number of fused-ring (bicyclic) bond motifs is 4. The SMILES string of the molecule is O=C(NCCCC[C@H](NC(=O)c1ccc(Nc2c3ccccc3nc3ccccc23)c([N+](=O)[O-])c1)C(=O)O)c1ccc(Nc2c3ccccc3nc3ccccc23)c([N+](=O)[O-])c1. The topological polar surface area (TPSA) is 232 Å². The Morgan fingerprint density at radius 3 is 1.37 bits per heavy atom. The van der Waals surface area contributed by atoms with Crippen molar-refractivity contribution in [1.82, 2.24) is 20.6 Å². The summed E-state index contributed by atoms with van der Waals surface area (Å²) in [4.78, 5) is 71.2. The van der Waals surface area contributed by atoms with Crippen molar-refractivity contribution in [2.24, 2.45) is 0 Å². The van der Waals surface area contributed by atoms with Crippen LogP contribution in [0.2, 0.25) is 0 Å². The van der Waals surface area contributed by atoms with Crippen LogP contribution >= 0.6 is 0 Å². The van der Waals surface area contributed by atoms with E-state index in [2.05, 4.69) is 26.3 Å². The molecule has 6 aromatic carbocycles. The van der Waals surface area contributed by atoms with Crippen molar-refractivity contribution in [3.8, 4) is 0 Å². The van der Waals surface area contributed by atoms with E-state index in [1.807, 2.05) is 97.1 Å². The monoisotopic (exact) mass is 828 g/mol. The number of pyridine rings is 2. The molecule has 8 aromatic rings. The molecule has 2 amide bonds. The maximum atomic E-state index is 13.3. The van der Waals surface area contributed by atoms with Crippen molar-refractivity contribution in [2.75, 3.05) is 17.2 Å². The molecule has 0 saturated heterocycles. The molecule has 0 aliphatic carbocycles. The van der Waals surface area contributed by atoms with E-state index in [1.165, 1.54) is 30.3 Å². The summed E-state index contributed by atoms with van der Waals surface area (Å²) in [6, 6.07) is 36.3. The van der Waals surface area contributed by atoms with Crippen molar-refractivity contribution < 1.29 is 29.3 Å². The van der Waals surface area contributed by atoms with Gasteiger partial charge in [-0.2, -0.15) is 0 Å². The Bertz CT molecular complexity index is 3000. The number of anilines is 4. The fourth-order valence-electron chi connectivity index (χ4n) is 7.35. The minimum absolute atomic E-state index is 0.00885. The molecule has 8 rings (SSSR count). The molecule has 0 saturated carbocycles. The average molecular weight is 829 g/mol. The lowest BCUT2D eigenvalue weighted by Gasteiger charge is -2.16. The summed E-state index contributed by atoms with van der Waals surface area (Å²) in [6.07, 6.45) is 0.579. The Hall–Kier alpha value is -8.53. The van der Waals surface area contributed by atoms with Crippen molar-refractivity contribution in [2.45, 2.75) is 25.3 Å². The summed E-state index contributed by atoms with van der Waals surface area (Å²) in [5.41, 5.74) is 3.58. The van der Waals surface area contributed by atoms with Gasteiger partial charge < -0.3 is 26.4 Å². The third kappa shape index (κ3) is 8.33. The number of carboxylic acid groups (broad SMARTS) is 1. The lowest BCUT2D eigenvalue weighted by molar-refractivity contribution is -0.384. The van der Waals surface area contributed by atoms with Crippen LogP contribution in [-0.4, -0.2) is 55.3 Å². The molecule has 16 heteroatoms. The van der Waals surface area contributed by atoms with Crippen LogP contribution in [0.4, 0.5) is 34.1 Å². The first kappa shape index (κ1) is 40.3. The number of amides is 2. The van der Waals surface area contributed by atoms with Crippen LogP contribution in [0.15, 0.2) is 133 Å². The van der Waals surface area contributed by atoms with Gasteiger partial charge in [-0.1, -0.05) is 72.8 Å². The van der Waals surface area contributed by atoms with Crippen LogP contribution in [-0.2, 0) is 4.79 Å². The van der Waals surface area contributed by atoms with Crippen LogP contribution in [0, 0.1) is 20.2 Å². The number of rotatable bonds is 15. The van der Waals surface area contributed by atoms with E-state index in [0.717, 1.165) is 27.6 Å². The minimum atomic E-state index is -1.33. The maximum absolute atomic E-state index is 13.3. The van der Waals surface area contributed by atoms with Crippen LogP contribution in [0.5, 0.6) is 0 Å². The van der Waals surface area contributed by atoms with Gasteiger partial charge in [0.15, 0.2) is 0 Å². The van der Waals surface area contributed by atoms with Gasteiger partial charge in [-0.05, 0) is 67.8 Å². The van der Waals surface area contributed by atoms with Gasteiger partial charge in [-0.15, -0.1) is 0 Å². The van der Waals surface area contributed by atoms with E-state index in [0.29, 0.717) is 39.9 Å². The molecule has 0 radical (unpaired) electrons. The Labute approximate surface area is 351 Å². The van der Waals surface area contributed by atoms with Crippen LogP contribution in [0.25, 0.3) is 43.6 Å². The van der Waals surface area contributed by atoms with Crippen molar-refractivity contribution >= 4 is 95.5 Å². The third-order valence-electron chi connectivity index (χ3n) is 10.4. The van der Waals surface area contributed by atoms with Gasteiger partial charge in [0.1, 0.15) is 17.4 Å². The van der Waals surface area contributed by atoms with Gasteiger partial charge in [-0.25, -0.2) is 14.8 Å². The number of nitrogens with zero attached hydrogens (tertiary/aromatic N) is 4. The molecule has 0 bridgehead atoms. The van der Waals surface area contributed by atoms with E-state index in [9.17, 15) is 39.7 Å². The first-order chi connectivity index (χ1) is 30.0. The second-order valence-electron chi connectivity index (χ2n) is 14.4. The Kier molecular flexibility index (Phi) is 11.3. The lowest BCUT2D eigenvalue weighted by Crippen LogP contribution is -2.40. The largest absolute Gasteiger partial charge is 0.480 e. The molecule has 0 spiro atoms. The molecule has 2 heterocycles. The quantitative estimate of drug-likeness (QED) is 0.0282. The zero-order valence-corrected chi connectivity index (χ0v) is 32.7. The Balaban J connectivity index is 0.893. The molecule has 0 aliphatic heterocycles. The molecular formula is C46H36N8O8. The highest BCUT2D eigenvalue weighted by molar-refractivity contribution is 6.10. The summed E-state index contributed by atoms with van der Waals surface area (Å²) in [7, 11) is 0. The number of carbonyl (C=O) groups excluding carboxylic acids is 2. The summed E-state index contributed by atoms with van der Waals surface area (Å²) in [5, 5.41) is 48.9. The number of para-hydroxylation sites is 4. The smallest absolute Gasteiger partial charge is 0.326 e. The fourth-order valence-corrected chi connectivity index (χ4v) is 7.35. The van der Waals surface area contributed by atoms with E-state index in [-0.39, 0.29) is 47.6 Å². The molecule has 5 N–H and O–H groups in total. The predicted molar refractivity (Wildman–Crippen MR) is 236 cm³/mol. The molecule has 0 aliphatic rings. The molecular weight excluding hydrogens is 793 g/mol. The lowest BCUT2D eigenvalue weighted by atomic mass is 10.1. The van der Waals surface area contributed by atoms with E-state index >= 15 is 0 Å². The molecule has 62 heavy (non-hydrogen) atoms. The standard InChI is InChI=1S/C46H36N8O8/c55-44(27-20-22-37(40(25-27)53(59)60)50-42-29-11-1-5-15-33(29)48-34-16-6-2-12-30(34)42)47-24-10-9-19-39(46(57)58)52-45(56)28-21-23-38(41(26-28)54(61)62)51-43-31-13-3-7-17-35(31)49-36-18-8-4-14-32(36)43/h1-8,11-18,20-23,25-26,39H,9-10,19,24H2,(H,47,55)(H,48,50)(H,49,51)(H,52,56)(H,57,58)/t39-/m0/s1. The Morgan fingerprint density at radius 1 is 0.565 bits per heavy atom. The fraction of sp³-hybridized carbons (Fsp3) is 0.109. The number of aliphatic carboxylic acids is 1. The van der Waals surface area contributed by atoms with E-state index in [1.54, 1.807) is 0 Å². The molecule has 16 nitrogen and oxygen atoms in total. The zero-order chi connectivity index (χ0) is 43.3. The highest BCUT2D eigenvalue weighted by Gasteiger charge is 2.25. The average Bonchev–Trinajstić information content (AvgIpc) is 3.28. The Morgan fingerprint density at radius 2 is 0.968 bits per heavy atom. The molecule has 308 valence electrons. The summed E-state index contributed by atoms with van der Waals surface area (Å²) >= 11 is 0. The number of carboxylic acids is 1. The van der Waals surface area contributed by atoms with Gasteiger partial charge in [0, 0.05) is 51.3 Å². The number of nitro benzene ring substituents is 2. The molecule has 0 unspecified atom stereocenters. The second-order valence-corrected chi connectivity index (χ2v) is 14.4. The number of unbranched alkanes of at least 4 members (excludes halogenated alkanes) is 1. The summed E-state index contributed by atoms with van der Waals surface area (Å²) < 4.78 is 0. The number of hydrogen-bond acceptors (Lipinski definition) is 11. The number of benzene rings is 6. The van der Waals surface area contributed by atoms with Crippen LogP contribution in [0.3, 0.4) is 0 Å². The van der Waals surface area contributed by atoms with Crippen molar-refractivity contribution in [3.05, 3.63) is 165 Å². The minimum Gasteiger partial charge on any atom is -0.480 e. The molecule has 0 fully saturated rings. The molecule has 1 atom stereocenters. The third-order valence-corrected chi connectivity index (χ3v) is 10.4. The van der Waals surface area contributed by atoms with Gasteiger partial charge in [0.05, 0.1) is 43.3 Å². The zero-order valence-electron chi connectivity index (χ0n) is 32.7. The summed E-state index contributed by atoms with van der Waals surface area (Å²) in [5.74, 6) is -2.68. The maximum Gasteiger partial charge on any atom is 0.326 e. The van der Waals surface area contributed by atoms with Crippen molar-refractivity contribution in [1.29, 1.82) is 0 Å². The number of hydrogen-bond donors (Lipinski definition) is 5. The number of aromatic nitrogens is 2. The van der Waals surface area contributed by atoms with E-state index in [4.69, 9.17) is 4.98 Å². The predicted octanol–water partition coefficient (Wildman–Crippen LogP) is 9.18. The summed E-state index contributed by atoms with van der Waals surface area (Å²) in [6.45, 7) is 0.116.